The van der Waals surface area contributed by atoms with Crippen molar-refractivity contribution in [3.05, 3.63) is 56.5 Å². The van der Waals surface area contributed by atoms with Crippen LogP contribution in [0.25, 0.3) is 5.69 Å². The minimum Gasteiger partial charge on any atom is -0.324 e. The molecule has 1 aliphatic heterocycles. The number of hydrogen-bond donors (Lipinski definition) is 3. The topological polar surface area (TPSA) is 71.3 Å². The van der Waals surface area contributed by atoms with Gasteiger partial charge in [0, 0.05) is 0 Å². The average Bonchev–Trinajstić information content (AvgIpc) is 2.50. The Hall–Kier alpha value is -2.41. The van der Waals surface area contributed by atoms with Crippen LogP contribution in [0.5, 0.6) is 0 Å². The van der Waals surface area contributed by atoms with Gasteiger partial charge in [-0.15, -0.1) is 0 Å². The molecule has 2 heterocycles. The van der Waals surface area contributed by atoms with Crippen molar-refractivity contribution in [2.24, 2.45) is 0 Å². The van der Waals surface area contributed by atoms with E-state index in [-0.39, 0.29) is 11.4 Å². The number of aromatic amines is 1. The highest BCUT2D eigenvalue weighted by Gasteiger charge is 2.25. The van der Waals surface area contributed by atoms with Gasteiger partial charge in [0.05, 0.1) is 12.2 Å². The molecule has 0 amide bonds. The van der Waals surface area contributed by atoms with Crippen molar-refractivity contribution in [1.82, 2.24) is 9.55 Å². The molecule has 0 radical (unpaired) electrons. The van der Waals surface area contributed by atoms with Crippen molar-refractivity contribution in [3.63, 3.8) is 0 Å². The molecular weight excluding hydrogens is 287 g/mol. The lowest BCUT2D eigenvalue weighted by Gasteiger charge is -2.27. The zero-order valence-corrected chi connectivity index (χ0v) is 12.3. The molecule has 7 heteroatoms. The Labute approximate surface area is 126 Å². The van der Waals surface area contributed by atoms with Crippen LogP contribution >= 0.6 is 0 Å². The standard InChI is InChI=1S/C15H17FN4O2/c1-2-7-19-8-12-13(17-9-19)20(15(22)18-14(12)21)11-5-3-10(16)4-6-11/h3-6,17H,2,7-9H2,1H3,(H,18,21,22)/p+1. The Morgan fingerprint density at radius 1 is 1.27 bits per heavy atom. The van der Waals surface area contributed by atoms with E-state index in [9.17, 15) is 14.0 Å². The quantitative estimate of drug-likeness (QED) is 0.738. The first-order chi connectivity index (χ1) is 10.6. The highest BCUT2D eigenvalue weighted by molar-refractivity contribution is 5.50. The predicted molar refractivity (Wildman–Crippen MR) is 80.9 cm³/mol. The number of quaternary nitrogens is 1. The first-order valence-corrected chi connectivity index (χ1v) is 7.31. The van der Waals surface area contributed by atoms with Gasteiger partial charge in [-0.05, 0) is 30.7 Å². The fourth-order valence-corrected chi connectivity index (χ4v) is 2.81. The minimum absolute atomic E-state index is 0.362. The molecule has 0 bridgehead atoms. The van der Waals surface area contributed by atoms with Gasteiger partial charge in [0.1, 0.15) is 23.7 Å². The number of nitrogens with one attached hydrogen (secondary N) is 3. The average molecular weight is 305 g/mol. The number of anilines is 1. The Balaban J connectivity index is 2.13. The largest absolute Gasteiger partial charge is 0.334 e. The number of rotatable bonds is 3. The van der Waals surface area contributed by atoms with Crippen LogP contribution in [0.2, 0.25) is 0 Å². The maximum Gasteiger partial charge on any atom is 0.334 e. The zero-order valence-electron chi connectivity index (χ0n) is 12.3. The summed E-state index contributed by atoms with van der Waals surface area (Å²) in [7, 11) is 0. The van der Waals surface area contributed by atoms with Gasteiger partial charge in [-0.3, -0.25) is 9.78 Å². The first-order valence-electron chi connectivity index (χ1n) is 7.31. The fourth-order valence-electron chi connectivity index (χ4n) is 2.81. The molecule has 0 spiro atoms. The Bertz CT molecular complexity index is 795. The molecule has 0 saturated carbocycles. The van der Waals surface area contributed by atoms with Crippen molar-refractivity contribution in [2.45, 2.75) is 19.9 Å². The molecule has 3 rings (SSSR count). The molecular formula is C15H18FN4O2+. The third-order valence-electron chi connectivity index (χ3n) is 3.83. The summed E-state index contributed by atoms with van der Waals surface area (Å²) in [5.41, 5.74) is 0.185. The van der Waals surface area contributed by atoms with E-state index in [0.29, 0.717) is 30.3 Å². The summed E-state index contributed by atoms with van der Waals surface area (Å²) in [6.07, 6.45) is 1.02. The molecule has 0 fully saturated rings. The van der Waals surface area contributed by atoms with Crippen molar-refractivity contribution in [2.75, 3.05) is 18.5 Å². The smallest absolute Gasteiger partial charge is 0.324 e. The van der Waals surface area contributed by atoms with Crippen molar-refractivity contribution >= 4 is 5.82 Å². The molecule has 116 valence electrons. The van der Waals surface area contributed by atoms with Crippen molar-refractivity contribution in [3.8, 4) is 5.69 Å². The molecule has 2 aromatic rings. The van der Waals surface area contributed by atoms with Crippen LogP contribution in [0.3, 0.4) is 0 Å². The summed E-state index contributed by atoms with van der Waals surface area (Å²) in [6.45, 7) is 4.24. The number of benzene rings is 1. The van der Waals surface area contributed by atoms with E-state index in [1.54, 1.807) is 0 Å². The monoisotopic (exact) mass is 305 g/mol. The van der Waals surface area contributed by atoms with Crippen LogP contribution in [-0.2, 0) is 6.54 Å². The van der Waals surface area contributed by atoms with Gasteiger partial charge in [0.15, 0.2) is 6.67 Å². The van der Waals surface area contributed by atoms with E-state index in [4.69, 9.17) is 0 Å². The van der Waals surface area contributed by atoms with Crippen LogP contribution in [0, 0.1) is 5.82 Å². The molecule has 6 nitrogen and oxygen atoms in total. The van der Waals surface area contributed by atoms with Crippen molar-refractivity contribution < 1.29 is 9.29 Å². The summed E-state index contributed by atoms with van der Waals surface area (Å²) in [5.74, 6) is 0.127. The molecule has 0 aliphatic carbocycles. The molecule has 0 saturated heterocycles. The van der Waals surface area contributed by atoms with E-state index in [1.807, 2.05) is 0 Å². The van der Waals surface area contributed by atoms with Crippen LogP contribution in [0.15, 0.2) is 33.9 Å². The van der Waals surface area contributed by atoms with Gasteiger partial charge in [0.2, 0.25) is 0 Å². The highest BCUT2D eigenvalue weighted by atomic mass is 19.1. The van der Waals surface area contributed by atoms with Gasteiger partial charge in [-0.1, -0.05) is 6.92 Å². The maximum absolute atomic E-state index is 13.1. The van der Waals surface area contributed by atoms with Crippen LogP contribution in [0.1, 0.15) is 18.9 Å². The van der Waals surface area contributed by atoms with E-state index in [0.717, 1.165) is 13.0 Å². The first kappa shape index (κ1) is 14.5. The molecule has 1 aromatic heterocycles. The SMILES string of the molecule is CCC[NH+]1CNc2c(c(=O)[nH]c(=O)n2-c2ccc(F)cc2)C1. The number of halogens is 1. The van der Waals surface area contributed by atoms with E-state index >= 15 is 0 Å². The Kier molecular flexibility index (Phi) is 3.81. The lowest BCUT2D eigenvalue weighted by Crippen LogP contribution is -3.12. The predicted octanol–water partition coefficient (Wildman–Crippen LogP) is -0.157. The minimum atomic E-state index is -0.526. The Morgan fingerprint density at radius 3 is 2.68 bits per heavy atom. The number of aromatic nitrogens is 2. The second kappa shape index (κ2) is 5.76. The van der Waals surface area contributed by atoms with Crippen LogP contribution < -0.4 is 21.5 Å². The summed E-state index contributed by atoms with van der Waals surface area (Å²) in [4.78, 5) is 27.8. The zero-order chi connectivity index (χ0) is 15.7. The van der Waals surface area contributed by atoms with Crippen LogP contribution in [-0.4, -0.2) is 22.8 Å². The van der Waals surface area contributed by atoms with E-state index in [2.05, 4.69) is 17.2 Å². The van der Waals surface area contributed by atoms with E-state index < -0.39 is 5.69 Å². The van der Waals surface area contributed by atoms with Gasteiger partial charge >= 0.3 is 5.69 Å². The van der Waals surface area contributed by atoms with E-state index in [1.165, 1.54) is 33.7 Å². The lowest BCUT2D eigenvalue weighted by atomic mass is 10.2. The number of nitrogens with zero attached hydrogens (tertiary/aromatic N) is 1. The normalized spacial score (nSPS) is 16.9. The van der Waals surface area contributed by atoms with Gasteiger partial charge in [0.25, 0.3) is 5.56 Å². The number of H-pyrrole nitrogens is 1. The number of fused-ring (bicyclic) bond motifs is 1. The number of hydrogen-bond acceptors (Lipinski definition) is 3. The van der Waals surface area contributed by atoms with Crippen molar-refractivity contribution in [1.29, 1.82) is 0 Å². The van der Waals surface area contributed by atoms with Gasteiger partial charge in [-0.25, -0.2) is 13.8 Å². The maximum atomic E-state index is 13.1. The second-order valence-electron chi connectivity index (χ2n) is 5.43. The summed E-state index contributed by atoms with van der Waals surface area (Å²) < 4.78 is 14.5. The molecule has 3 N–H and O–H groups in total. The van der Waals surface area contributed by atoms with Crippen LogP contribution in [0.4, 0.5) is 10.2 Å². The summed E-state index contributed by atoms with van der Waals surface area (Å²) in [6, 6.07) is 5.61. The fraction of sp³-hybridized carbons (Fsp3) is 0.333. The van der Waals surface area contributed by atoms with Gasteiger partial charge < -0.3 is 10.2 Å². The molecule has 1 unspecified atom stereocenters. The lowest BCUT2D eigenvalue weighted by molar-refractivity contribution is -0.912. The summed E-state index contributed by atoms with van der Waals surface area (Å²) >= 11 is 0. The summed E-state index contributed by atoms with van der Waals surface area (Å²) in [5, 5.41) is 3.17. The third-order valence-corrected chi connectivity index (χ3v) is 3.83. The third kappa shape index (κ3) is 2.55. The molecule has 22 heavy (non-hydrogen) atoms. The molecule has 1 aromatic carbocycles. The second-order valence-corrected chi connectivity index (χ2v) is 5.43. The Morgan fingerprint density at radius 2 is 2.00 bits per heavy atom. The highest BCUT2D eigenvalue weighted by Crippen LogP contribution is 2.16. The van der Waals surface area contributed by atoms with Gasteiger partial charge in [-0.2, -0.15) is 0 Å². The molecule has 1 aliphatic rings. The molecule has 1 atom stereocenters.